The van der Waals surface area contributed by atoms with E-state index in [9.17, 15) is 18.4 Å². The highest BCUT2D eigenvalue weighted by molar-refractivity contribution is 6.34. The maximum atomic E-state index is 14.9. The molecule has 4 aromatic rings. The second-order valence-electron chi connectivity index (χ2n) is 11.0. The lowest BCUT2D eigenvalue weighted by Gasteiger charge is -2.37. The second-order valence-corrected chi connectivity index (χ2v) is 11.9. The molecule has 0 atom stereocenters. The van der Waals surface area contributed by atoms with Crippen LogP contribution in [0.4, 0.5) is 31.8 Å². The van der Waals surface area contributed by atoms with E-state index in [-0.39, 0.29) is 35.0 Å². The van der Waals surface area contributed by atoms with E-state index < -0.39 is 17.2 Å². The minimum atomic E-state index is -1.00. The van der Waals surface area contributed by atoms with Gasteiger partial charge in [-0.2, -0.15) is 0 Å². The summed E-state index contributed by atoms with van der Waals surface area (Å²) in [5.41, 5.74) is 8.47. The van der Waals surface area contributed by atoms with Gasteiger partial charge in [-0.1, -0.05) is 29.3 Å². The number of amides is 2. The van der Waals surface area contributed by atoms with Gasteiger partial charge in [0.05, 0.1) is 27.5 Å². The van der Waals surface area contributed by atoms with Crippen molar-refractivity contribution in [2.75, 3.05) is 36.9 Å². The number of halogens is 4. The Morgan fingerprint density at radius 2 is 1.73 bits per heavy atom. The maximum Gasteiger partial charge on any atom is 0.255 e. The summed E-state index contributed by atoms with van der Waals surface area (Å²) < 4.78 is 29.8. The minimum absolute atomic E-state index is 0.164. The Morgan fingerprint density at radius 1 is 1.00 bits per heavy atom. The highest BCUT2D eigenvalue weighted by atomic mass is 35.5. The standard InChI is InChI=1S/C32H29Cl2F2N7O2/c1-38-30(45)32(37)10-13-42(14-11-32)29(44)21-8-6-20(16-23(21)34)40-31-39-17-18-9-12-43(28-24(35)3-2-4-25(28)36)26-15-19(33)5-7-22(26)27(18)41-31/h2-8,15-17H,9-14,37H2,1H3,(H,38,45)(H,39,40,41). The van der Waals surface area contributed by atoms with Crippen LogP contribution in [0.1, 0.15) is 28.8 Å². The van der Waals surface area contributed by atoms with Gasteiger partial charge in [0.15, 0.2) is 0 Å². The number of nitrogens with one attached hydrogen (secondary N) is 2. The number of hydrogen-bond acceptors (Lipinski definition) is 7. The fourth-order valence-electron chi connectivity index (χ4n) is 5.79. The lowest BCUT2D eigenvalue weighted by molar-refractivity contribution is -0.127. The molecule has 0 radical (unpaired) electrons. The zero-order valence-corrected chi connectivity index (χ0v) is 25.7. The number of piperidine rings is 1. The Bertz CT molecular complexity index is 1790. The number of carbonyl (C=O) groups is 2. The molecule has 0 aliphatic carbocycles. The van der Waals surface area contributed by atoms with Gasteiger partial charge in [0.2, 0.25) is 11.9 Å². The zero-order chi connectivity index (χ0) is 31.9. The van der Waals surface area contributed by atoms with Crippen molar-refractivity contribution in [1.29, 1.82) is 0 Å². The van der Waals surface area contributed by atoms with Gasteiger partial charge in [-0.25, -0.2) is 18.7 Å². The van der Waals surface area contributed by atoms with Crippen LogP contribution >= 0.6 is 23.2 Å². The van der Waals surface area contributed by atoms with Crippen molar-refractivity contribution in [2.45, 2.75) is 24.8 Å². The summed E-state index contributed by atoms with van der Waals surface area (Å²) in [4.78, 5) is 37.8. The Kier molecular flexibility index (Phi) is 8.34. The predicted molar refractivity (Wildman–Crippen MR) is 170 cm³/mol. The van der Waals surface area contributed by atoms with Crippen LogP contribution in [0, 0.1) is 11.6 Å². The number of benzene rings is 3. The summed E-state index contributed by atoms with van der Waals surface area (Å²) in [5, 5.41) is 6.37. The smallest absolute Gasteiger partial charge is 0.255 e. The number of para-hydroxylation sites is 1. The number of anilines is 4. The van der Waals surface area contributed by atoms with E-state index in [0.717, 1.165) is 5.56 Å². The lowest BCUT2D eigenvalue weighted by Crippen LogP contribution is -2.59. The topological polar surface area (TPSA) is 116 Å². The molecular formula is C32H29Cl2F2N7O2. The largest absolute Gasteiger partial charge is 0.358 e. The minimum Gasteiger partial charge on any atom is -0.358 e. The molecule has 3 heterocycles. The van der Waals surface area contributed by atoms with Gasteiger partial charge >= 0.3 is 0 Å². The van der Waals surface area contributed by atoms with Crippen LogP contribution in [-0.2, 0) is 11.2 Å². The summed E-state index contributed by atoms with van der Waals surface area (Å²) in [5.74, 6) is -1.60. The number of nitrogens with two attached hydrogens (primary N) is 1. The van der Waals surface area contributed by atoms with Crippen LogP contribution < -0.4 is 21.3 Å². The fourth-order valence-corrected chi connectivity index (χ4v) is 6.22. The first-order valence-corrected chi connectivity index (χ1v) is 15.1. The third-order valence-electron chi connectivity index (χ3n) is 8.26. The van der Waals surface area contributed by atoms with Gasteiger partial charge < -0.3 is 26.2 Å². The molecular weight excluding hydrogens is 623 g/mol. The van der Waals surface area contributed by atoms with Crippen molar-refractivity contribution in [1.82, 2.24) is 20.2 Å². The first kappa shape index (κ1) is 30.7. The molecule has 0 saturated carbocycles. The first-order chi connectivity index (χ1) is 21.6. The van der Waals surface area contributed by atoms with Crippen LogP contribution in [0.25, 0.3) is 11.3 Å². The molecule has 3 aromatic carbocycles. The predicted octanol–water partition coefficient (Wildman–Crippen LogP) is 5.85. The molecule has 4 N–H and O–H groups in total. The van der Waals surface area contributed by atoms with Gasteiger partial charge in [-0.3, -0.25) is 9.59 Å². The Labute approximate surface area is 268 Å². The fraction of sp³-hybridized carbons (Fsp3) is 0.250. The van der Waals surface area contributed by atoms with Crippen molar-refractivity contribution in [3.05, 3.63) is 93.6 Å². The highest BCUT2D eigenvalue weighted by Gasteiger charge is 2.38. The maximum absolute atomic E-state index is 14.9. The summed E-state index contributed by atoms with van der Waals surface area (Å²) >= 11 is 12.9. The van der Waals surface area contributed by atoms with Crippen molar-refractivity contribution >= 4 is 58.0 Å². The number of rotatable bonds is 5. The van der Waals surface area contributed by atoms with Crippen LogP contribution in [-0.4, -0.2) is 58.9 Å². The molecule has 2 aliphatic heterocycles. The average molecular weight is 653 g/mol. The number of likely N-dealkylation sites (N-methyl/N-ethyl adjacent to an activating group) is 1. The summed E-state index contributed by atoms with van der Waals surface area (Å²) in [6.07, 6.45) is 2.78. The normalized spacial score (nSPS) is 15.5. The molecule has 9 nitrogen and oxygen atoms in total. The molecule has 6 rings (SSSR count). The number of aromatic nitrogens is 2. The van der Waals surface area contributed by atoms with Gasteiger partial charge in [-0.15, -0.1) is 0 Å². The summed E-state index contributed by atoms with van der Waals surface area (Å²) in [7, 11) is 1.54. The zero-order valence-electron chi connectivity index (χ0n) is 24.2. The SMILES string of the molecule is CNC(=O)C1(N)CCN(C(=O)c2ccc(Nc3ncc4c(n3)-c3ccc(Cl)cc3N(c3c(F)cccc3F)CC4)cc2Cl)CC1. The van der Waals surface area contributed by atoms with Gasteiger partial charge in [0.25, 0.3) is 5.91 Å². The van der Waals surface area contributed by atoms with E-state index in [1.165, 1.54) is 18.2 Å². The first-order valence-electron chi connectivity index (χ1n) is 14.3. The molecule has 0 unspecified atom stereocenters. The van der Waals surface area contributed by atoms with Crippen LogP contribution in [0.2, 0.25) is 10.0 Å². The quantitative estimate of drug-likeness (QED) is 0.248. The molecule has 1 saturated heterocycles. The third kappa shape index (κ3) is 5.90. The van der Waals surface area contributed by atoms with E-state index in [4.69, 9.17) is 33.9 Å². The van der Waals surface area contributed by atoms with Crippen molar-refractivity contribution < 1.29 is 18.4 Å². The molecule has 13 heteroatoms. The van der Waals surface area contributed by atoms with E-state index in [2.05, 4.69) is 15.6 Å². The van der Waals surface area contributed by atoms with Gasteiger partial charge in [-0.05, 0) is 73.4 Å². The van der Waals surface area contributed by atoms with Gasteiger partial charge in [0, 0.05) is 49.2 Å². The molecule has 232 valence electrons. The monoisotopic (exact) mass is 651 g/mol. The summed E-state index contributed by atoms with van der Waals surface area (Å²) in [6.45, 7) is 0.931. The molecule has 2 aliphatic rings. The number of fused-ring (bicyclic) bond motifs is 3. The van der Waals surface area contributed by atoms with Gasteiger partial charge in [0.1, 0.15) is 17.3 Å². The van der Waals surface area contributed by atoms with E-state index >= 15 is 0 Å². The number of nitrogens with zero attached hydrogens (tertiary/aromatic N) is 4. The number of carbonyl (C=O) groups excluding carboxylic acids is 2. The Hall–Kier alpha value is -4.32. The third-order valence-corrected chi connectivity index (χ3v) is 8.81. The van der Waals surface area contributed by atoms with Crippen molar-refractivity contribution in [3.63, 3.8) is 0 Å². The van der Waals surface area contributed by atoms with E-state index in [1.807, 2.05) is 0 Å². The van der Waals surface area contributed by atoms with Crippen molar-refractivity contribution in [2.24, 2.45) is 5.73 Å². The lowest BCUT2D eigenvalue weighted by atomic mass is 9.87. The molecule has 1 fully saturated rings. The number of likely N-dealkylation sites (tertiary alicyclic amines) is 1. The van der Waals surface area contributed by atoms with Crippen LogP contribution in [0.3, 0.4) is 0 Å². The molecule has 0 spiro atoms. The van der Waals surface area contributed by atoms with Crippen LogP contribution in [0.15, 0.2) is 60.8 Å². The van der Waals surface area contributed by atoms with Crippen molar-refractivity contribution in [3.8, 4) is 11.3 Å². The highest BCUT2D eigenvalue weighted by Crippen LogP contribution is 2.42. The second kappa shape index (κ2) is 12.2. The Morgan fingerprint density at radius 3 is 2.42 bits per heavy atom. The number of hydrogen-bond donors (Lipinski definition) is 3. The Balaban J connectivity index is 1.25. The average Bonchev–Trinajstić information content (AvgIpc) is 3.17. The van der Waals surface area contributed by atoms with Crippen LogP contribution in [0.5, 0.6) is 0 Å². The molecule has 45 heavy (non-hydrogen) atoms. The van der Waals surface area contributed by atoms with E-state index in [1.54, 1.807) is 59.4 Å². The molecule has 0 bridgehead atoms. The molecule has 2 amide bonds. The molecule has 1 aromatic heterocycles. The summed E-state index contributed by atoms with van der Waals surface area (Å²) in [6, 6.07) is 13.8. The van der Waals surface area contributed by atoms with E-state index in [0.29, 0.717) is 65.6 Å².